The first-order chi connectivity index (χ1) is 15.4. The molecule has 0 spiro atoms. The topological polar surface area (TPSA) is 91.9 Å². The van der Waals surface area contributed by atoms with Crippen molar-refractivity contribution in [1.82, 2.24) is 19.9 Å². The molecule has 1 aliphatic heterocycles. The Morgan fingerprint density at radius 3 is 2.47 bits per heavy atom. The first kappa shape index (κ1) is 21.8. The quantitative estimate of drug-likeness (QED) is 0.632. The number of benzene rings is 2. The fraction of sp³-hybridized carbons (Fsp3) is 0.375. The number of carbonyl (C=O) groups is 1. The summed E-state index contributed by atoms with van der Waals surface area (Å²) in [6, 6.07) is 12.8. The number of aromatic hydroxyl groups is 1. The van der Waals surface area contributed by atoms with Gasteiger partial charge in [0.2, 0.25) is 11.7 Å². The molecule has 4 rings (SSSR count). The highest BCUT2D eigenvalue weighted by Gasteiger charge is 2.25. The van der Waals surface area contributed by atoms with Gasteiger partial charge in [-0.3, -0.25) is 9.69 Å². The van der Waals surface area contributed by atoms with Crippen LogP contribution in [0.5, 0.6) is 11.5 Å². The molecule has 1 saturated heterocycles. The van der Waals surface area contributed by atoms with Gasteiger partial charge in [0.1, 0.15) is 11.5 Å². The number of rotatable bonds is 6. The molecule has 1 amide bonds. The van der Waals surface area contributed by atoms with E-state index < -0.39 is 0 Å². The maximum atomic E-state index is 12.9. The summed E-state index contributed by atoms with van der Waals surface area (Å²) in [7, 11) is 1.62. The number of methoxy groups -OCH3 is 1. The minimum absolute atomic E-state index is 0.0422. The van der Waals surface area contributed by atoms with Gasteiger partial charge < -0.3 is 19.3 Å². The summed E-state index contributed by atoms with van der Waals surface area (Å²) in [4.78, 5) is 21.3. The minimum atomic E-state index is -0.142. The highest BCUT2D eigenvalue weighted by Crippen LogP contribution is 2.25. The molecule has 0 atom stereocenters. The second kappa shape index (κ2) is 9.40. The van der Waals surface area contributed by atoms with Crippen molar-refractivity contribution in [2.75, 3.05) is 33.3 Å². The molecule has 168 valence electrons. The standard InChI is InChI=1S/C24H28N4O4/c1-16(2)18-6-9-20(21(29)14-18)24(30)28-12-10-27(11-13-28)15-22-25-23(26-32-22)17-4-7-19(31-3)8-5-17/h4-9,14,16,29H,10-13,15H2,1-3H3. The molecule has 2 heterocycles. The largest absolute Gasteiger partial charge is 0.507 e. The maximum absolute atomic E-state index is 12.9. The van der Waals surface area contributed by atoms with Crippen molar-refractivity contribution in [3.05, 3.63) is 59.5 Å². The van der Waals surface area contributed by atoms with Gasteiger partial charge in [-0.15, -0.1) is 0 Å². The van der Waals surface area contributed by atoms with Crippen molar-refractivity contribution in [3.63, 3.8) is 0 Å². The van der Waals surface area contributed by atoms with Crippen LogP contribution in [0.25, 0.3) is 11.4 Å². The van der Waals surface area contributed by atoms with E-state index in [0.29, 0.717) is 55.9 Å². The molecular weight excluding hydrogens is 408 g/mol. The molecule has 0 unspecified atom stereocenters. The highest BCUT2D eigenvalue weighted by molar-refractivity contribution is 5.97. The Morgan fingerprint density at radius 1 is 1.12 bits per heavy atom. The second-order valence-corrected chi connectivity index (χ2v) is 8.24. The summed E-state index contributed by atoms with van der Waals surface area (Å²) in [5, 5.41) is 14.4. The number of phenols is 1. The van der Waals surface area contributed by atoms with Crippen LogP contribution in [-0.4, -0.2) is 64.2 Å². The second-order valence-electron chi connectivity index (χ2n) is 8.24. The zero-order valence-corrected chi connectivity index (χ0v) is 18.6. The number of phenolic OH excluding ortho intramolecular Hbond substituents is 1. The van der Waals surface area contributed by atoms with E-state index in [-0.39, 0.29) is 11.7 Å². The summed E-state index contributed by atoms with van der Waals surface area (Å²) in [5.41, 5.74) is 2.22. The Labute approximate surface area is 187 Å². The third kappa shape index (κ3) is 4.75. The molecule has 0 radical (unpaired) electrons. The van der Waals surface area contributed by atoms with Gasteiger partial charge in [0.25, 0.3) is 5.91 Å². The number of aromatic nitrogens is 2. The lowest BCUT2D eigenvalue weighted by Gasteiger charge is -2.34. The molecule has 1 aromatic heterocycles. The lowest BCUT2D eigenvalue weighted by molar-refractivity contribution is 0.0612. The van der Waals surface area contributed by atoms with Gasteiger partial charge in [0.15, 0.2) is 0 Å². The summed E-state index contributed by atoms with van der Waals surface area (Å²) in [5.74, 6) is 2.05. The van der Waals surface area contributed by atoms with E-state index in [1.54, 1.807) is 24.1 Å². The van der Waals surface area contributed by atoms with E-state index in [1.165, 1.54) is 0 Å². The molecule has 1 fully saturated rings. The van der Waals surface area contributed by atoms with Crippen molar-refractivity contribution in [2.45, 2.75) is 26.3 Å². The van der Waals surface area contributed by atoms with Crippen LogP contribution < -0.4 is 4.74 Å². The molecule has 1 N–H and O–H groups in total. The van der Waals surface area contributed by atoms with Crippen LogP contribution in [0.2, 0.25) is 0 Å². The molecule has 32 heavy (non-hydrogen) atoms. The van der Waals surface area contributed by atoms with Gasteiger partial charge in [-0.05, 0) is 47.9 Å². The number of hydrogen-bond donors (Lipinski definition) is 1. The van der Waals surface area contributed by atoms with E-state index in [1.807, 2.05) is 30.3 Å². The average Bonchev–Trinajstić information content (AvgIpc) is 3.27. The van der Waals surface area contributed by atoms with Crippen LogP contribution in [0.1, 0.15) is 41.6 Å². The van der Waals surface area contributed by atoms with Crippen molar-refractivity contribution in [2.24, 2.45) is 0 Å². The summed E-state index contributed by atoms with van der Waals surface area (Å²) >= 11 is 0. The van der Waals surface area contributed by atoms with Gasteiger partial charge in [-0.25, -0.2) is 0 Å². The van der Waals surface area contributed by atoms with Crippen molar-refractivity contribution >= 4 is 5.91 Å². The van der Waals surface area contributed by atoms with Crippen molar-refractivity contribution in [1.29, 1.82) is 0 Å². The van der Waals surface area contributed by atoms with Gasteiger partial charge in [-0.1, -0.05) is 25.1 Å². The van der Waals surface area contributed by atoms with Crippen LogP contribution in [-0.2, 0) is 6.54 Å². The summed E-state index contributed by atoms with van der Waals surface area (Å²) in [6.45, 7) is 7.16. The predicted molar refractivity (Wildman–Crippen MR) is 120 cm³/mol. The Morgan fingerprint density at radius 2 is 1.84 bits per heavy atom. The molecule has 1 aliphatic rings. The van der Waals surface area contributed by atoms with Crippen molar-refractivity contribution in [3.8, 4) is 22.9 Å². The number of hydrogen-bond acceptors (Lipinski definition) is 7. The number of nitrogens with zero attached hydrogens (tertiary/aromatic N) is 4. The predicted octanol–water partition coefficient (Wildman–Crippen LogP) is 3.53. The van der Waals surface area contributed by atoms with E-state index >= 15 is 0 Å². The summed E-state index contributed by atoms with van der Waals surface area (Å²) < 4.78 is 10.6. The van der Waals surface area contributed by atoms with E-state index in [0.717, 1.165) is 16.9 Å². The Hall–Kier alpha value is -3.39. The molecular formula is C24H28N4O4. The van der Waals surface area contributed by atoms with E-state index in [4.69, 9.17) is 9.26 Å². The SMILES string of the molecule is COc1ccc(-c2noc(CN3CCN(C(=O)c4ccc(C(C)C)cc4O)CC3)n2)cc1. The summed E-state index contributed by atoms with van der Waals surface area (Å²) in [6.07, 6.45) is 0. The van der Waals surface area contributed by atoms with Gasteiger partial charge in [-0.2, -0.15) is 4.98 Å². The zero-order valence-electron chi connectivity index (χ0n) is 18.6. The lowest BCUT2D eigenvalue weighted by Crippen LogP contribution is -2.48. The first-order valence-corrected chi connectivity index (χ1v) is 10.8. The van der Waals surface area contributed by atoms with Crippen LogP contribution in [0, 0.1) is 0 Å². The Kier molecular flexibility index (Phi) is 6.41. The maximum Gasteiger partial charge on any atom is 0.257 e. The number of carbonyl (C=O) groups excluding carboxylic acids is 1. The molecule has 8 heteroatoms. The Bertz CT molecular complexity index is 1070. The third-order valence-electron chi connectivity index (χ3n) is 5.75. The smallest absolute Gasteiger partial charge is 0.257 e. The zero-order chi connectivity index (χ0) is 22.7. The molecule has 3 aromatic rings. The van der Waals surface area contributed by atoms with Gasteiger partial charge >= 0.3 is 0 Å². The van der Waals surface area contributed by atoms with Crippen LogP contribution in [0.4, 0.5) is 0 Å². The Balaban J connectivity index is 1.33. The third-order valence-corrected chi connectivity index (χ3v) is 5.75. The van der Waals surface area contributed by atoms with Crippen LogP contribution in [0.15, 0.2) is 47.0 Å². The number of amides is 1. The number of piperazine rings is 1. The number of ether oxygens (including phenoxy) is 1. The fourth-order valence-electron chi connectivity index (χ4n) is 3.74. The van der Waals surface area contributed by atoms with E-state index in [9.17, 15) is 9.90 Å². The molecule has 0 saturated carbocycles. The minimum Gasteiger partial charge on any atom is -0.507 e. The molecule has 8 nitrogen and oxygen atoms in total. The van der Waals surface area contributed by atoms with Crippen LogP contribution >= 0.6 is 0 Å². The monoisotopic (exact) mass is 436 g/mol. The highest BCUT2D eigenvalue weighted by atomic mass is 16.5. The van der Waals surface area contributed by atoms with E-state index in [2.05, 4.69) is 28.9 Å². The average molecular weight is 437 g/mol. The molecule has 0 aliphatic carbocycles. The fourth-order valence-corrected chi connectivity index (χ4v) is 3.74. The van der Waals surface area contributed by atoms with Crippen molar-refractivity contribution < 1.29 is 19.2 Å². The molecule has 0 bridgehead atoms. The van der Waals surface area contributed by atoms with Gasteiger partial charge in [0, 0.05) is 31.7 Å². The van der Waals surface area contributed by atoms with Crippen LogP contribution in [0.3, 0.4) is 0 Å². The first-order valence-electron chi connectivity index (χ1n) is 10.8. The molecule has 2 aromatic carbocycles. The van der Waals surface area contributed by atoms with Gasteiger partial charge in [0.05, 0.1) is 19.2 Å². The lowest BCUT2D eigenvalue weighted by atomic mass is 10.0. The normalized spacial score (nSPS) is 14.7.